The van der Waals surface area contributed by atoms with Gasteiger partial charge in [0.25, 0.3) is 0 Å². The minimum atomic E-state index is -0.305. The molecule has 0 radical (unpaired) electrons. The maximum atomic E-state index is 11.4. The van der Waals surface area contributed by atoms with Gasteiger partial charge >= 0.3 is 11.9 Å². The fraction of sp³-hybridized carbons (Fsp3) is 0.207. The zero-order valence-corrected chi connectivity index (χ0v) is 21.0. The molecule has 8 heteroatoms. The zero-order chi connectivity index (χ0) is 26.6. The molecule has 1 aromatic heterocycles. The summed E-state index contributed by atoms with van der Waals surface area (Å²) in [6.07, 6.45) is 0.416. The molecule has 0 atom stereocenters. The second-order valence-corrected chi connectivity index (χ2v) is 8.00. The van der Waals surface area contributed by atoms with Crippen LogP contribution >= 0.6 is 0 Å². The van der Waals surface area contributed by atoms with Crippen molar-refractivity contribution < 1.29 is 33.3 Å². The summed E-state index contributed by atoms with van der Waals surface area (Å²) in [5.41, 5.74) is 3.27. The molecular weight excluding hydrogens is 474 g/mol. The van der Waals surface area contributed by atoms with Crippen molar-refractivity contribution in [3.63, 3.8) is 0 Å². The molecule has 0 saturated carbocycles. The Hall–Kier alpha value is -4.59. The Morgan fingerprint density at radius 1 is 0.838 bits per heavy atom. The maximum Gasteiger partial charge on any atom is 0.309 e. The second-order valence-electron chi connectivity index (χ2n) is 8.00. The lowest BCUT2D eigenvalue weighted by Crippen LogP contribution is -2.04. The van der Waals surface area contributed by atoms with Gasteiger partial charge in [0, 0.05) is 5.56 Å². The van der Waals surface area contributed by atoms with Crippen molar-refractivity contribution in [3.05, 3.63) is 101 Å². The molecule has 0 fully saturated rings. The van der Waals surface area contributed by atoms with Crippen LogP contribution in [0.1, 0.15) is 22.6 Å². The Morgan fingerprint density at radius 3 is 2.08 bits per heavy atom. The highest BCUT2D eigenvalue weighted by molar-refractivity contribution is 5.73. The van der Waals surface area contributed by atoms with Crippen molar-refractivity contribution in [2.24, 2.45) is 0 Å². The highest BCUT2D eigenvalue weighted by Crippen LogP contribution is 2.23. The Balaban J connectivity index is 0.000000266. The molecule has 37 heavy (non-hydrogen) atoms. The predicted molar refractivity (Wildman–Crippen MR) is 137 cm³/mol. The number of carbonyl (C=O) groups is 2. The van der Waals surface area contributed by atoms with Gasteiger partial charge in [-0.3, -0.25) is 9.59 Å². The van der Waals surface area contributed by atoms with E-state index < -0.39 is 0 Å². The molecule has 4 aromatic rings. The Morgan fingerprint density at radius 2 is 1.46 bits per heavy atom. The third kappa shape index (κ3) is 8.54. The van der Waals surface area contributed by atoms with E-state index in [1.807, 2.05) is 61.5 Å². The van der Waals surface area contributed by atoms with E-state index in [1.54, 1.807) is 18.2 Å². The second kappa shape index (κ2) is 13.5. The first kappa shape index (κ1) is 27.0. The van der Waals surface area contributed by atoms with E-state index in [-0.39, 0.29) is 30.5 Å². The number of phenolic OH excluding ortho intramolecular Hbond substituents is 1. The average Bonchev–Trinajstić information content (AvgIpc) is 3.29. The number of carbonyl (C=O) groups excluding carboxylic acids is 2. The molecule has 0 amide bonds. The van der Waals surface area contributed by atoms with Crippen molar-refractivity contribution in [2.45, 2.75) is 26.4 Å². The van der Waals surface area contributed by atoms with Gasteiger partial charge in [-0.25, -0.2) is 4.98 Å². The highest BCUT2D eigenvalue weighted by Gasteiger charge is 2.12. The zero-order valence-electron chi connectivity index (χ0n) is 21.0. The van der Waals surface area contributed by atoms with E-state index in [1.165, 1.54) is 20.3 Å². The minimum absolute atomic E-state index is 0.163. The van der Waals surface area contributed by atoms with Gasteiger partial charge in [0.05, 0.1) is 27.1 Å². The number of rotatable bonds is 8. The van der Waals surface area contributed by atoms with E-state index in [0.717, 1.165) is 28.1 Å². The van der Waals surface area contributed by atoms with Gasteiger partial charge in [0.15, 0.2) is 0 Å². The number of methoxy groups -OCH3 is 2. The first-order valence-corrected chi connectivity index (χ1v) is 11.5. The highest BCUT2D eigenvalue weighted by atomic mass is 16.5. The summed E-state index contributed by atoms with van der Waals surface area (Å²) in [6.45, 7) is 2.16. The first-order chi connectivity index (χ1) is 17.9. The van der Waals surface area contributed by atoms with Crippen molar-refractivity contribution in [2.75, 3.05) is 14.2 Å². The molecule has 0 bridgehead atoms. The van der Waals surface area contributed by atoms with E-state index in [9.17, 15) is 9.59 Å². The summed E-state index contributed by atoms with van der Waals surface area (Å²) in [7, 11) is 2.71. The number of ether oxygens (including phenoxy) is 3. The SMILES string of the molecule is COC(=O)Cc1cccc(O)c1.COC(=O)Cc1cccc(OCc2nc(-c3ccccc3)oc2C)c1. The van der Waals surface area contributed by atoms with Crippen LogP contribution in [0, 0.1) is 6.92 Å². The number of aromatic nitrogens is 1. The predicted octanol–water partition coefficient (Wildman–Crippen LogP) is 5.05. The third-order valence-corrected chi connectivity index (χ3v) is 5.25. The third-order valence-electron chi connectivity index (χ3n) is 5.25. The number of esters is 2. The molecule has 192 valence electrons. The van der Waals surface area contributed by atoms with Gasteiger partial charge in [-0.1, -0.05) is 42.5 Å². The quantitative estimate of drug-likeness (QED) is 0.333. The van der Waals surface area contributed by atoms with Gasteiger partial charge in [-0.15, -0.1) is 0 Å². The summed E-state index contributed by atoms with van der Waals surface area (Å²) in [5, 5.41) is 9.05. The van der Waals surface area contributed by atoms with Crippen LogP contribution in [0.4, 0.5) is 0 Å². The largest absolute Gasteiger partial charge is 0.508 e. The molecule has 3 aromatic carbocycles. The topological polar surface area (TPSA) is 108 Å². The number of hydrogen-bond donors (Lipinski definition) is 1. The number of hydrogen-bond acceptors (Lipinski definition) is 8. The molecule has 0 aliphatic rings. The van der Waals surface area contributed by atoms with E-state index >= 15 is 0 Å². The molecular formula is C29H29NO7. The monoisotopic (exact) mass is 503 g/mol. The van der Waals surface area contributed by atoms with Crippen molar-refractivity contribution in [1.29, 1.82) is 0 Å². The van der Waals surface area contributed by atoms with Gasteiger partial charge in [-0.05, 0) is 54.4 Å². The van der Waals surface area contributed by atoms with Crippen LogP contribution in [-0.4, -0.2) is 36.2 Å². The van der Waals surface area contributed by atoms with Crippen LogP contribution in [0.2, 0.25) is 0 Å². The van der Waals surface area contributed by atoms with Crippen LogP contribution in [-0.2, 0) is 38.5 Å². The number of phenols is 1. The molecule has 0 spiro atoms. The molecule has 1 heterocycles. The number of aromatic hydroxyl groups is 1. The first-order valence-electron chi connectivity index (χ1n) is 11.5. The molecule has 0 aliphatic carbocycles. The van der Waals surface area contributed by atoms with Crippen molar-refractivity contribution in [3.8, 4) is 23.0 Å². The molecule has 8 nitrogen and oxygen atoms in total. The molecule has 0 saturated heterocycles. The van der Waals surface area contributed by atoms with E-state index in [0.29, 0.717) is 18.2 Å². The lowest BCUT2D eigenvalue weighted by molar-refractivity contribution is -0.140. The fourth-order valence-electron chi connectivity index (χ4n) is 3.31. The summed E-state index contributed by atoms with van der Waals surface area (Å²) in [6, 6.07) is 23.6. The number of benzene rings is 3. The van der Waals surface area contributed by atoms with E-state index in [4.69, 9.17) is 14.3 Å². The molecule has 1 N–H and O–H groups in total. The number of nitrogens with zero attached hydrogens (tertiary/aromatic N) is 1. The van der Waals surface area contributed by atoms with Gasteiger partial charge in [0.1, 0.15) is 29.6 Å². The molecule has 0 aliphatic heterocycles. The Bertz CT molecular complexity index is 1310. The van der Waals surface area contributed by atoms with Gasteiger partial charge < -0.3 is 23.7 Å². The van der Waals surface area contributed by atoms with Crippen molar-refractivity contribution in [1.82, 2.24) is 4.98 Å². The maximum absolute atomic E-state index is 11.4. The Kier molecular flexibility index (Phi) is 9.84. The van der Waals surface area contributed by atoms with Crippen LogP contribution in [0.3, 0.4) is 0 Å². The number of aryl methyl sites for hydroxylation is 1. The van der Waals surface area contributed by atoms with E-state index in [2.05, 4.69) is 14.5 Å². The minimum Gasteiger partial charge on any atom is -0.508 e. The van der Waals surface area contributed by atoms with Crippen LogP contribution in [0.15, 0.2) is 83.3 Å². The molecule has 4 rings (SSSR count). The number of oxazole rings is 1. The van der Waals surface area contributed by atoms with Gasteiger partial charge in [-0.2, -0.15) is 0 Å². The van der Waals surface area contributed by atoms with Crippen LogP contribution in [0.5, 0.6) is 11.5 Å². The summed E-state index contributed by atoms with van der Waals surface area (Å²) in [5.74, 6) is 1.56. The normalized spacial score (nSPS) is 10.1. The van der Waals surface area contributed by atoms with Crippen LogP contribution < -0.4 is 4.74 Å². The lowest BCUT2D eigenvalue weighted by atomic mass is 10.1. The standard InChI is InChI=1S/C20H19NO4.C9H10O3/c1-14-18(21-20(25-14)16-8-4-3-5-9-16)13-24-17-10-6-7-15(11-17)12-19(22)23-2;1-12-9(11)6-7-3-2-4-8(10)5-7/h3-11H,12-13H2,1-2H3;2-5,10H,6H2,1H3. The molecule has 0 unspecified atom stereocenters. The summed E-state index contributed by atoms with van der Waals surface area (Å²) < 4.78 is 20.7. The fourth-order valence-corrected chi connectivity index (χ4v) is 3.31. The summed E-state index contributed by atoms with van der Waals surface area (Å²) >= 11 is 0. The van der Waals surface area contributed by atoms with Crippen LogP contribution in [0.25, 0.3) is 11.5 Å². The van der Waals surface area contributed by atoms with Crippen molar-refractivity contribution >= 4 is 11.9 Å². The smallest absolute Gasteiger partial charge is 0.309 e. The summed E-state index contributed by atoms with van der Waals surface area (Å²) in [4.78, 5) is 26.7. The average molecular weight is 504 g/mol. The Labute approximate surface area is 215 Å². The van der Waals surface area contributed by atoms with Gasteiger partial charge in [0.2, 0.25) is 5.89 Å². The lowest BCUT2D eigenvalue weighted by Gasteiger charge is -2.06.